The third kappa shape index (κ3) is 7.00. The van der Waals surface area contributed by atoms with Gasteiger partial charge >= 0.3 is 5.97 Å². The Morgan fingerprint density at radius 2 is 2.06 bits per heavy atom. The minimum absolute atomic E-state index is 0.0513. The number of carbonyl (C=O) groups excluding carboxylic acids is 2. The lowest BCUT2D eigenvalue weighted by molar-refractivity contribution is -0.151. The topological polar surface area (TPSA) is 84.9 Å². The lowest BCUT2D eigenvalue weighted by Gasteiger charge is -2.32. The Labute approximate surface area is 193 Å². The average molecular weight is 461 g/mol. The molecule has 1 saturated heterocycles. The molecule has 1 fully saturated rings. The van der Waals surface area contributed by atoms with Gasteiger partial charge in [-0.05, 0) is 25.3 Å². The summed E-state index contributed by atoms with van der Waals surface area (Å²) in [6.07, 6.45) is 2.63. The van der Waals surface area contributed by atoms with E-state index in [0.29, 0.717) is 52.2 Å². The van der Waals surface area contributed by atoms with Gasteiger partial charge in [0, 0.05) is 57.7 Å². The first kappa shape index (κ1) is 24.1. The van der Waals surface area contributed by atoms with Crippen molar-refractivity contribution in [1.29, 1.82) is 0 Å². The minimum atomic E-state index is -0.221. The average Bonchev–Trinajstić information content (AvgIpc) is 3.28. The predicted octanol–water partition coefficient (Wildman–Crippen LogP) is 2.77. The van der Waals surface area contributed by atoms with Crippen LogP contribution in [0, 0.1) is 5.92 Å². The van der Waals surface area contributed by atoms with Crippen molar-refractivity contribution in [2.75, 3.05) is 51.4 Å². The standard InChI is InChI=1S/C23H32N4O4S/c1-3-31-22(29)19-10-7-12-27(17-19)21(28)11-13-26(14-15-30-2)23-24-20(25-32-23)16-18-8-5-4-6-9-18/h4-6,8-9,19H,3,7,10-17H2,1-2H3. The third-order valence-corrected chi connectivity index (χ3v) is 6.30. The van der Waals surface area contributed by atoms with Gasteiger partial charge in [-0.1, -0.05) is 30.3 Å². The van der Waals surface area contributed by atoms with Crippen LogP contribution in [0.3, 0.4) is 0 Å². The molecule has 2 aromatic rings. The zero-order valence-corrected chi connectivity index (χ0v) is 19.7. The Morgan fingerprint density at radius 3 is 2.81 bits per heavy atom. The van der Waals surface area contributed by atoms with Crippen LogP contribution in [0.1, 0.15) is 37.6 Å². The molecule has 8 nitrogen and oxygen atoms in total. The number of carbonyl (C=O) groups is 2. The number of anilines is 1. The fourth-order valence-electron chi connectivity index (χ4n) is 3.77. The predicted molar refractivity (Wildman–Crippen MR) is 124 cm³/mol. The van der Waals surface area contributed by atoms with Crippen molar-refractivity contribution < 1.29 is 19.1 Å². The van der Waals surface area contributed by atoms with Crippen LogP contribution in [0.4, 0.5) is 5.13 Å². The molecule has 1 aliphatic heterocycles. The van der Waals surface area contributed by atoms with Gasteiger partial charge in [0.1, 0.15) is 5.82 Å². The van der Waals surface area contributed by atoms with E-state index in [9.17, 15) is 9.59 Å². The monoisotopic (exact) mass is 460 g/mol. The largest absolute Gasteiger partial charge is 0.466 e. The molecule has 1 amide bonds. The summed E-state index contributed by atoms with van der Waals surface area (Å²) in [5.41, 5.74) is 1.16. The first-order valence-electron chi connectivity index (χ1n) is 11.2. The number of likely N-dealkylation sites (tertiary alicyclic amines) is 1. The molecule has 1 aromatic carbocycles. The van der Waals surface area contributed by atoms with E-state index < -0.39 is 0 Å². The highest BCUT2D eigenvalue weighted by atomic mass is 32.1. The van der Waals surface area contributed by atoms with E-state index in [2.05, 4.69) is 21.4 Å². The summed E-state index contributed by atoms with van der Waals surface area (Å²) in [6.45, 7) is 5.00. The SMILES string of the molecule is CCOC(=O)C1CCCN(C(=O)CCN(CCOC)c2nc(Cc3ccccc3)ns2)C1. The summed E-state index contributed by atoms with van der Waals surface area (Å²) >= 11 is 1.35. The fourth-order valence-corrected chi connectivity index (χ4v) is 4.51. The van der Waals surface area contributed by atoms with E-state index in [1.54, 1.807) is 18.9 Å². The van der Waals surface area contributed by atoms with Crippen molar-refractivity contribution in [1.82, 2.24) is 14.3 Å². The maximum Gasteiger partial charge on any atom is 0.310 e. The Balaban J connectivity index is 1.57. The molecule has 0 N–H and O–H groups in total. The zero-order valence-electron chi connectivity index (χ0n) is 18.9. The van der Waals surface area contributed by atoms with E-state index in [0.717, 1.165) is 29.4 Å². The van der Waals surface area contributed by atoms with Crippen LogP contribution in [-0.4, -0.2) is 72.6 Å². The van der Waals surface area contributed by atoms with Crippen molar-refractivity contribution >= 4 is 28.5 Å². The molecule has 1 unspecified atom stereocenters. The van der Waals surface area contributed by atoms with Gasteiger partial charge in [-0.2, -0.15) is 4.37 Å². The molecule has 2 heterocycles. The zero-order chi connectivity index (χ0) is 22.8. The number of methoxy groups -OCH3 is 1. The van der Waals surface area contributed by atoms with E-state index >= 15 is 0 Å². The Hall–Kier alpha value is -2.52. The molecule has 1 atom stereocenters. The molecule has 0 spiro atoms. The highest BCUT2D eigenvalue weighted by Crippen LogP contribution is 2.21. The first-order valence-corrected chi connectivity index (χ1v) is 11.9. The molecule has 0 radical (unpaired) electrons. The van der Waals surface area contributed by atoms with Crippen LogP contribution < -0.4 is 4.90 Å². The van der Waals surface area contributed by atoms with Gasteiger partial charge in [0.15, 0.2) is 0 Å². The van der Waals surface area contributed by atoms with Crippen molar-refractivity contribution in [2.24, 2.45) is 5.92 Å². The Morgan fingerprint density at radius 1 is 1.25 bits per heavy atom. The molecule has 1 aromatic heterocycles. The fraction of sp³-hybridized carbons (Fsp3) is 0.565. The number of benzene rings is 1. The summed E-state index contributed by atoms with van der Waals surface area (Å²) in [6, 6.07) is 10.1. The van der Waals surface area contributed by atoms with Gasteiger partial charge in [-0.3, -0.25) is 9.59 Å². The molecule has 32 heavy (non-hydrogen) atoms. The molecule has 0 aliphatic carbocycles. The number of hydrogen-bond donors (Lipinski definition) is 0. The lowest BCUT2D eigenvalue weighted by Crippen LogP contribution is -2.44. The Bertz CT molecular complexity index is 861. The molecule has 3 rings (SSSR count). The van der Waals surface area contributed by atoms with Crippen LogP contribution in [-0.2, 0) is 25.5 Å². The van der Waals surface area contributed by atoms with Crippen molar-refractivity contribution in [3.05, 3.63) is 41.7 Å². The minimum Gasteiger partial charge on any atom is -0.466 e. The van der Waals surface area contributed by atoms with Crippen molar-refractivity contribution in [3.63, 3.8) is 0 Å². The maximum atomic E-state index is 12.9. The molecule has 174 valence electrons. The second-order valence-electron chi connectivity index (χ2n) is 7.82. The van der Waals surface area contributed by atoms with Gasteiger partial charge < -0.3 is 19.3 Å². The highest BCUT2D eigenvalue weighted by Gasteiger charge is 2.29. The van der Waals surface area contributed by atoms with Gasteiger partial charge in [0.2, 0.25) is 11.0 Å². The number of ether oxygens (including phenoxy) is 2. The normalized spacial score (nSPS) is 16.1. The van der Waals surface area contributed by atoms with E-state index in [4.69, 9.17) is 14.5 Å². The van der Waals surface area contributed by atoms with Crippen LogP contribution >= 0.6 is 11.5 Å². The number of aromatic nitrogens is 2. The number of nitrogens with zero attached hydrogens (tertiary/aromatic N) is 4. The number of hydrogen-bond acceptors (Lipinski definition) is 8. The highest BCUT2D eigenvalue weighted by molar-refractivity contribution is 7.09. The van der Waals surface area contributed by atoms with Crippen LogP contribution in [0.5, 0.6) is 0 Å². The molecular weight excluding hydrogens is 428 g/mol. The van der Waals surface area contributed by atoms with Crippen molar-refractivity contribution in [3.8, 4) is 0 Å². The summed E-state index contributed by atoms with van der Waals surface area (Å²) in [7, 11) is 1.66. The first-order chi connectivity index (χ1) is 15.6. The summed E-state index contributed by atoms with van der Waals surface area (Å²) in [5.74, 6) is 0.404. The van der Waals surface area contributed by atoms with Crippen molar-refractivity contribution in [2.45, 2.75) is 32.6 Å². The van der Waals surface area contributed by atoms with Gasteiger partial charge in [-0.15, -0.1) is 0 Å². The van der Waals surface area contributed by atoms with Crippen LogP contribution in [0.25, 0.3) is 0 Å². The smallest absolute Gasteiger partial charge is 0.310 e. The number of rotatable bonds is 11. The lowest BCUT2D eigenvalue weighted by atomic mass is 9.98. The number of amides is 1. The van der Waals surface area contributed by atoms with Gasteiger partial charge in [0.25, 0.3) is 0 Å². The van der Waals surface area contributed by atoms with Crippen LogP contribution in [0.15, 0.2) is 30.3 Å². The second-order valence-corrected chi connectivity index (χ2v) is 8.55. The van der Waals surface area contributed by atoms with E-state index in [-0.39, 0.29) is 17.8 Å². The van der Waals surface area contributed by atoms with E-state index in [1.807, 2.05) is 18.2 Å². The molecule has 1 aliphatic rings. The summed E-state index contributed by atoms with van der Waals surface area (Å²) < 4.78 is 14.9. The van der Waals surface area contributed by atoms with E-state index in [1.165, 1.54) is 11.5 Å². The van der Waals surface area contributed by atoms with Crippen LogP contribution in [0.2, 0.25) is 0 Å². The maximum absolute atomic E-state index is 12.9. The second kappa shape index (κ2) is 12.5. The van der Waals surface area contributed by atoms with Gasteiger partial charge in [0.05, 0.1) is 19.1 Å². The quantitative estimate of drug-likeness (QED) is 0.477. The Kier molecular flexibility index (Phi) is 9.43. The summed E-state index contributed by atoms with van der Waals surface area (Å²) in [5, 5.41) is 0.795. The molecule has 9 heteroatoms. The summed E-state index contributed by atoms with van der Waals surface area (Å²) in [4.78, 5) is 33.5. The third-order valence-electron chi connectivity index (χ3n) is 5.49. The molecule has 0 saturated carbocycles. The molecule has 0 bridgehead atoms. The van der Waals surface area contributed by atoms with Gasteiger partial charge in [-0.25, -0.2) is 4.98 Å². The number of piperidine rings is 1. The number of esters is 1. The molecular formula is C23H32N4O4S.